The predicted octanol–water partition coefficient (Wildman–Crippen LogP) is 9.36. The number of nitrogens with two attached hydrogens (primary N) is 2. The first-order chi connectivity index (χ1) is 26.9. The van der Waals surface area contributed by atoms with Gasteiger partial charge < -0.3 is 31.2 Å². The number of hydrogen-bond donors (Lipinski definition) is 6. The van der Waals surface area contributed by atoms with Crippen LogP contribution < -0.4 is 20.9 Å². The molecule has 58 heavy (non-hydrogen) atoms. The Kier molecular flexibility index (Phi) is 10.3. The molecule has 6 aromatic carbocycles. The van der Waals surface area contributed by atoms with Gasteiger partial charge in [0.15, 0.2) is 23.0 Å². The Bertz CT molecular complexity index is 2940. The molecule has 0 radical (unpaired) electrons. The summed E-state index contributed by atoms with van der Waals surface area (Å²) in [4.78, 5) is -1.98. The smallest absolute Gasteiger partial charge is 0.505 e. The summed E-state index contributed by atoms with van der Waals surface area (Å²) in [5.74, 6) is -3.98. The number of hydrogen-bond acceptors (Lipinski definition) is 14. The molecular formula is C34H22F6N6O10S2. The quantitative estimate of drug-likeness (QED) is 0.0344. The normalized spacial score (nSPS) is 12.9. The molecule has 0 aliphatic heterocycles. The Labute approximate surface area is 320 Å². The maximum absolute atomic E-state index is 13.6. The van der Waals surface area contributed by atoms with Gasteiger partial charge in [0.2, 0.25) is 0 Å². The van der Waals surface area contributed by atoms with Crippen molar-refractivity contribution in [2.24, 2.45) is 20.5 Å². The highest BCUT2D eigenvalue weighted by Gasteiger charge is 2.34. The number of nitrogen functional groups attached to an aromatic ring is 2. The van der Waals surface area contributed by atoms with Crippen LogP contribution >= 0.6 is 0 Å². The van der Waals surface area contributed by atoms with Crippen LogP contribution in [0.25, 0.3) is 32.7 Å². The van der Waals surface area contributed by atoms with Gasteiger partial charge in [0.05, 0.1) is 0 Å². The van der Waals surface area contributed by atoms with E-state index in [-0.39, 0.29) is 44.0 Å². The number of halogens is 6. The van der Waals surface area contributed by atoms with E-state index in [0.717, 1.165) is 36.4 Å². The van der Waals surface area contributed by atoms with Crippen molar-refractivity contribution in [1.29, 1.82) is 0 Å². The summed E-state index contributed by atoms with van der Waals surface area (Å²) in [6.07, 6.45) is -10.8. The number of alkyl halides is 6. The summed E-state index contributed by atoms with van der Waals surface area (Å²) in [5.41, 5.74) is 7.89. The van der Waals surface area contributed by atoms with Crippen LogP contribution in [0.15, 0.2) is 115 Å². The maximum Gasteiger partial charge on any atom is 0.573 e. The van der Waals surface area contributed by atoms with Gasteiger partial charge in [0.25, 0.3) is 20.2 Å². The van der Waals surface area contributed by atoms with E-state index in [4.69, 9.17) is 11.5 Å². The number of phenols is 2. The van der Waals surface area contributed by atoms with Gasteiger partial charge in [-0.25, -0.2) is 0 Å². The molecule has 0 aliphatic rings. The van der Waals surface area contributed by atoms with Gasteiger partial charge in [0, 0.05) is 22.1 Å². The number of rotatable bonds is 9. The van der Waals surface area contributed by atoms with Gasteiger partial charge in [-0.15, -0.1) is 46.8 Å². The molecule has 6 aromatic rings. The molecule has 0 saturated heterocycles. The molecule has 16 nitrogen and oxygen atoms in total. The zero-order valence-electron chi connectivity index (χ0n) is 28.3. The number of anilines is 2. The van der Waals surface area contributed by atoms with Crippen molar-refractivity contribution in [2.75, 3.05) is 11.5 Å². The molecule has 0 spiro atoms. The Hall–Kier alpha value is -6.76. The maximum atomic E-state index is 13.6. The van der Waals surface area contributed by atoms with Crippen molar-refractivity contribution < 1.29 is 72.0 Å². The standard InChI is InChI=1S/C34H22F6N6O10S2/c35-33(36,37)55-25-10-15(2-7-23(25)43-45-29-28(58(52,53)54)13-18-9-19(41)5-6-21(18)31(29)47)16-3-8-24(26(11-16)56-34(38,39)40)44-46-30-27(57(49,50)51)12-17-1-4-20(42)14-22(17)32(30)48/h1-14,47-48H,41-42H2,(H,49,50,51)(H,52,53,54)/b45-43+,46-44+. The van der Waals surface area contributed by atoms with E-state index in [0.29, 0.717) is 12.1 Å². The van der Waals surface area contributed by atoms with E-state index in [1.54, 1.807) is 0 Å². The number of azo groups is 2. The molecule has 8 N–H and O–H groups in total. The fraction of sp³-hybridized carbons (Fsp3) is 0.0588. The summed E-state index contributed by atoms with van der Waals surface area (Å²) in [6, 6.07) is 14.6. The van der Waals surface area contributed by atoms with E-state index in [1.165, 1.54) is 36.4 Å². The zero-order chi connectivity index (χ0) is 42.5. The summed E-state index contributed by atoms with van der Waals surface area (Å²) >= 11 is 0. The SMILES string of the molecule is Nc1ccc2c(O)c(/N=N/c3ccc(-c4ccc(/N=N/c5c(S(=O)(=O)O)cc6ccc(N)cc6c5O)c(OC(F)(F)F)c4)cc3OC(F)(F)F)c(S(=O)(=O)O)cc2c1. The van der Waals surface area contributed by atoms with Crippen LogP contribution in [-0.4, -0.2) is 48.9 Å². The first kappa shape index (κ1) is 40.9. The molecule has 0 bridgehead atoms. The second-order valence-corrected chi connectivity index (χ2v) is 14.7. The number of ether oxygens (including phenoxy) is 2. The molecule has 0 aliphatic carbocycles. The van der Waals surface area contributed by atoms with Crippen LogP contribution in [0, 0.1) is 0 Å². The third-order valence-electron chi connectivity index (χ3n) is 7.93. The van der Waals surface area contributed by atoms with Crippen LogP contribution in [0.5, 0.6) is 23.0 Å². The molecule has 0 atom stereocenters. The van der Waals surface area contributed by atoms with Gasteiger partial charge in [-0.1, -0.05) is 18.2 Å². The third-order valence-corrected chi connectivity index (χ3v) is 9.66. The van der Waals surface area contributed by atoms with Gasteiger partial charge in [-0.2, -0.15) is 16.8 Å². The molecular weight excluding hydrogens is 831 g/mol. The van der Waals surface area contributed by atoms with Crippen molar-refractivity contribution in [3.8, 4) is 34.1 Å². The second kappa shape index (κ2) is 14.6. The Balaban J connectivity index is 1.45. The lowest BCUT2D eigenvalue weighted by Gasteiger charge is -2.15. The van der Waals surface area contributed by atoms with E-state index >= 15 is 0 Å². The van der Waals surface area contributed by atoms with Gasteiger partial charge in [-0.05, 0) is 88.6 Å². The number of fused-ring (bicyclic) bond motifs is 2. The highest BCUT2D eigenvalue weighted by atomic mass is 32.2. The minimum Gasteiger partial charge on any atom is -0.505 e. The van der Waals surface area contributed by atoms with Crippen LogP contribution in [0.2, 0.25) is 0 Å². The average Bonchev–Trinajstić information content (AvgIpc) is 3.09. The monoisotopic (exact) mass is 852 g/mol. The first-order valence-corrected chi connectivity index (χ1v) is 18.4. The molecule has 302 valence electrons. The van der Waals surface area contributed by atoms with Crippen molar-refractivity contribution in [2.45, 2.75) is 22.5 Å². The largest absolute Gasteiger partial charge is 0.573 e. The van der Waals surface area contributed by atoms with Gasteiger partial charge >= 0.3 is 12.7 Å². The number of phenolic OH excluding ortho intramolecular Hbond substituents is 2. The van der Waals surface area contributed by atoms with Gasteiger partial charge in [-0.3, -0.25) is 9.11 Å². The molecule has 0 fully saturated rings. The van der Waals surface area contributed by atoms with Crippen molar-refractivity contribution in [3.05, 3.63) is 84.9 Å². The minimum atomic E-state index is -5.40. The predicted molar refractivity (Wildman–Crippen MR) is 193 cm³/mol. The van der Waals surface area contributed by atoms with E-state index in [1.807, 2.05) is 0 Å². The van der Waals surface area contributed by atoms with Crippen molar-refractivity contribution in [1.82, 2.24) is 0 Å². The molecule has 6 rings (SSSR count). The second-order valence-electron chi connectivity index (χ2n) is 11.9. The zero-order valence-corrected chi connectivity index (χ0v) is 30.0. The van der Waals surface area contributed by atoms with Crippen LogP contribution in [-0.2, 0) is 20.2 Å². The molecule has 0 amide bonds. The number of nitrogens with zero attached hydrogens (tertiary/aromatic N) is 4. The molecule has 0 saturated carbocycles. The summed E-state index contributed by atoms with van der Waals surface area (Å²) in [5, 5.41) is 36.0. The molecule has 0 aromatic heterocycles. The average molecular weight is 853 g/mol. The fourth-order valence-corrected chi connectivity index (χ4v) is 6.80. The van der Waals surface area contributed by atoms with Crippen LogP contribution in [0.1, 0.15) is 0 Å². The highest BCUT2D eigenvalue weighted by molar-refractivity contribution is 7.86. The molecule has 24 heteroatoms. The topological polar surface area (TPSA) is 269 Å². The first-order valence-electron chi connectivity index (χ1n) is 15.6. The summed E-state index contributed by atoms with van der Waals surface area (Å²) in [6.45, 7) is 0. The number of benzene rings is 6. The summed E-state index contributed by atoms with van der Waals surface area (Å²) < 4.78 is 158. The van der Waals surface area contributed by atoms with E-state index < -0.39 is 88.5 Å². The lowest BCUT2D eigenvalue weighted by molar-refractivity contribution is -0.275. The fourth-order valence-electron chi connectivity index (χ4n) is 5.49. The minimum absolute atomic E-state index is 0.0318. The Morgan fingerprint density at radius 2 is 0.948 bits per heavy atom. The van der Waals surface area contributed by atoms with Crippen LogP contribution in [0.4, 0.5) is 60.5 Å². The van der Waals surface area contributed by atoms with E-state index in [9.17, 15) is 62.5 Å². The highest BCUT2D eigenvalue weighted by Crippen LogP contribution is 2.46. The Morgan fingerprint density at radius 3 is 1.41 bits per heavy atom. The van der Waals surface area contributed by atoms with Crippen molar-refractivity contribution in [3.63, 3.8) is 0 Å². The Morgan fingerprint density at radius 1 is 0.517 bits per heavy atom. The lowest BCUT2D eigenvalue weighted by atomic mass is 10.0. The van der Waals surface area contributed by atoms with Crippen LogP contribution in [0.3, 0.4) is 0 Å². The molecule has 0 unspecified atom stereocenters. The third kappa shape index (κ3) is 8.94. The van der Waals surface area contributed by atoms with Gasteiger partial charge in [0.1, 0.15) is 32.5 Å². The van der Waals surface area contributed by atoms with E-state index in [2.05, 4.69) is 29.9 Å². The molecule has 0 heterocycles. The number of aromatic hydroxyl groups is 2. The summed E-state index contributed by atoms with van der Waals surface area (Å²) in [7, 11) is -10.3. The lowest BCUT2D eigenvalue weighted by Crippen LogP contribution is -2.17. The van der Waals surface area contributed by atoms with Crippen molar-refractivity contribution >= 4 is 75.9 Å².